The summed E-state index contributed by atoms with van der Waals surface area (Å²) in [5.41, 5.74) is 1.50. The predicted molar refractivity (Wildman–Crippen MR) is 118 cm³/mol. The third-order valence-electron chi connectivity index (χ3n) is 6.36. The van der Waals surface area contributed by atoms with E-state index in [-0.39, 0.29) is 6.09 Å². The number of amides is 1. The van der Waals surface area contributed by atoms with Crippen molar-refractivity contribution in [2.75, 3.05) is 39.4 Å². The highest BCUT2D eigenvalue weighted by Crippen LogP contribution is 2.39. The second kappa shape index (κ2) is 9.35. The Kier molecular flexibility index (Phi) is 6.60. The third kappa shape index (κ3) is 4.53. The van der Waals surface area contributed by atoms with Crippen LogP contribution < -0.4 is 4.74 Å². The molecule has 5 nitrogen and oxygen atoms in total. The van der Waals surface area contributed by atoms with E-state index in [1.807, 2.05) is 30.1 Å². The van der Waals surface area contributed by atoms with Crippen LogP contribution in [0.25, 0.3) is 10.1 Å². The molecule has 158 valence electrons. The maximum Gasteiger partial charge on any atom is 0.409 e. The molecule has 0 N–H and O–H groups in total. The maximum atomic E-state index is 11.9. The fourth-order valence-electron chi connectivity index (χ4n) is 4.80. The fourth-order valence-corrected chi connectivity index (χ4v) is 5.83. The van der Waals surface area contributed by atoms with Gasteiger partial charge >= 0.3 is 6.09 Å². The topological polar surface area (TPSA) is 42.0 Å². The molecular weight excluding hydrogens is 384 g/mol. The Morgan fingerprint density at radius 1 is 1.07 bits per heavy atom. The molecule has 0 bridgehead atoms. The monoisotopic (exact) mass is 416 g/mol. The van der Waals surface area contributed by atoms with Crippen molar-refractivity contribution in [3.63, 3.8) is 0 Å². The Morgan fingerprint density at radius 3 is 2.52 bits per heavy atom. The summed E-state index contributed by atoms with van der Waals surface area (Å²) in [5.74, 6) is 1.61. The first-order chi connectivity index (χ1) is 14.2. The number of nitrogens with zero attached hydrogens (tertiary/aromatic N) is 2. The van der Waals surface area contributed by atoms with Gasteiger partial charge in [0.2, 0.25) is 0 Å². The molecule has 6 heteroatoms. The molecule has 2 aliphatic heterocycles. The fraction of sp³-hybridized carbons (Fsp3) is 0.609. The van der Waals surface area contributed by atoms with Gasteiger partial charge in [-0.05, 0) is 93.1 Å². The van der Waals surface area contributed by atoms with E-state index < -0.39 is 0 Å². The summed E-state index contributed by atoms with van der Waals surface area (Å²) >= 11 is 1.85. The molecule has 0 atom stereocenters. The van der Waals surface area contributed by atoms with Crippen molar-refractivity contribution in [2.24, 2.45) is 0 Å². The second-order valence-electron chi connectivity index (χ2n) is 8.01. The van der Waals surface area contributed by atoms with Gasteiger partial charge in [0, 0.05) is 23.8 Å². The number of carbonyl (C=O) groups is 1. The molecule has 1 aromatic heterocycles. The lowest BCUT2D eigenvalue weighted by Crippen LogP contribution is -2.48. The van der Waals surface area contributed by atoms with Crippen LogP contribution in [0.3, 0.4) is 0 Å². The molecule has 3 heterocycles. The molecule has 0 radical (unpaired) electrons. The molecule has 1 amide bonds. The summed E-state index contributed by atoms with van der Waals surface area (Å²) in [5, 5.41) is 3.74. The minimum atomic E-state index is -0.152. The Balaban J connectivity index is 1.34. The number of hydrogen-bond donors (Lipinski definition) is 0. The molecule has 0 spiro atoms. The number of benzene rings is 1. The predicted octanol–water partition coefficient (Wildman–Crippen LogP) is 5.10. The zero-order valence-corrected chi connectivity index (χ0v) is 18.4. The van der Waals surface area contributed by atoms with E-state index in [4.69, 9.17) is 9.47 Å². The summed E-state index contributed by atoms with van der Waals surface area (Å²) in [4.78, 5) is 16.4. The quantitative estimate of drug-likeness (QED) is 0.680. The molecule has 2 fully saturated rings. The summed E-state index contributed by atoms with van der Waals surface area (Å²) < 4.78 is 12.2. The van der Waals surface area contributed by atoms with Crippen LogP contribution in [0.1, 0.15) is 51.0 Å². The largest absolute Gasteiger partial charge is 0.494 e. The van der Waals surface area contributed by atoms with Gasteiger partial charge in [-0.15, -0.1) is 11.3 Å². The number of fused-ring (bicyclic) bond motifs is 1. The summed E-state index contributed by atoms with van der Waals surface area (Å²) in [6, 6.07) is 7.10. The van der Waals surface area contributed by atoms with Gasteiger partial charge < -0.3 is 19.3 Å². The molecule has 0 unspecified atom stereocenters. The average Bonchev–Trinajstić information content (AvgIpc) is 3.18. The van der Waals surface area contributed by atoms with Crippen LogP contribution in [-0.4, -0.2) is 61.3 Å². The van der Waals surface area contributed by atoms with E-state index in [0.717, 1.165) is 44.8 Å². The highest BCUT2D eigenvalue weighted by Gasteiger charge is 2.31. The Hall–Kier alpha value is -1.79. The van der Waals surface area contributed by atoms with Crippen molar-refractivity contribution in [3.8, 4) is 5.75 Å². The van der Waals surface area contributed by atoms with Crippen LogP contribution in [0.4, 0.5) is 4.79 Å². The molecule has 2 aromatic rings. The first kappa shape index (κ1) is 20.5. The minimum Gasteiger partial charge on any atom is -0.494 e. The lowest BCUT2D eigenvalue weighted by Gasteiger charge is -2.41. The van der Waals surface area contributed by atoms with Crippen molar-refractivity contribution in [1.82, 2.24) is 9.80 Å². The molecule has 2 saturated heterocycles. The highest BCUT2D eigenvalue weighted by molar-refractivity contribution is 7.17. The lowest BCUT2D eigenvalue weighted by atomic mass is 9.88. The van der Waals surface area contributed by atoms with Crippen molar-refractivity contribution in [1.29, 1.82) is 0 Å². The van der Waals surface area contributed by atoms with Crippen LogP contribution >= 0.6 is 11.3 Å². The third-order valence-corrected chi connectivity index (χ3v) is 7.34. The summed E-state index contributed by atoms with van der Waals surface area (Å²) in [6.45, 7) is 8.99. The van der Waals surface area contributed by atoms with Gasteiger partial charge in [0.05, 0.1) is 13.2 Å². The number of piperidine rings is 2. The molecule has 4 rings (SSSR count). The number of carbonyl (C=O) groups excluding carboxylic acids is 1. The molecule has 29 heavy (non-hydrogen) atoms. The van der Waals surface area contributed by atoms with Crippen LogP contribution in [0.5, 0.6) is 5.75 Å². The van der Waals surface area contributed by atoms with Gasteiger partial charge in [-0.3, -0.25) is 0 Å². The standard InChI is InChI=1S/C23H32N2O3S/c1-3-27-19-5-6-22-20(15-19)21(16-29-22)17-7-11-24(12-8-17)18-9-13-25(14-10-18)23(26)28-4-2/h5-6,15-18H,3-4,7-14H2,1-2H3. The van der Waals surface area contributed by atoms with Gasteiger partial charge in [-0.25, -0.2) is 4.79 Å². The zero-order chi connectivity index (χ0) is 20.2. The van der Waals surface area contributed by atoms with Crippen molar-refractivity contribution in [3.05, 3.63) is 29.1 Å². The van der Waals surface area contributed by atoms with E-state index in [1.165, 1.54) is 28.5 Å². The highest BCUT2D eigenvalue weighted by atomic mass is 32.1. The first-order valence-corrected chi connectivity index (χ1v) is 11.9. The van der Waals surface area contributed by atoms with E-state index in [2.05, 4.69) is 28.5 Å². The normalized spacial score (nSPS) is 19.6. The van der Waals surface area contributed by atoms with Crippen molar-refractivity contribution < 1.29 is 14.3 Å². The van der Waals surface area contributed by atoms with Crippen molar-refractivity contribution >= 4 is 27.5 Å². The van der Waals surface area contributed by atoms with E-state index in [0.29, 0.717) is 25.2 Å². The average molecular weight is 417 g/mol. The molecular formula is C23H32N2O3S. The Morgan fingerprint density at radius 2 is 1.83 bits per heavy atom. The summed E-state index contributed by atoms with van der Waals surface area (Å²) in [6.07, 6.45) is 4.39. The molecule has 2 aliphatic rings. The number of rotatable bonds is 5. The summed E-state index contributed by atoms with van der Waals surface area (Å²) in [7, 11) is 0. The maximum absolute atomic E-state index is 11.9. The van der Waals surface area contributed by atoms with E-state index >= 15 is 0 Å². The van der Waals surface area contributed by atoms with Gasteiger partial charge in [0.15, 0.2) is 0 Å². The van der Waals surface area contributed by atoms with Gasteiger partial charge in [-0.2, -0.15) is 0 Å². The SMILES string of the molecule is CCOC(=O)N1CCC(N2CCC(c3csc4ccc(OCC)cc34)CC2)CC1. The number of hydrogen-bond acceptors (Lipinski definition) is 5. The second-order valence-corrected chi connectivity index (χ2v) is 8.92. The van der Waals surface area contributed by atoms with Crippen molar-refractivity contribution in [2.45, 2.75) is 51.5 Å². The smallest absolute Gasteiger partial charge is 0.409 e. The van der Waals surface area contributed by atoms with Crippen LogP contribution in [0.15, 0.2) is 23.6 Å². The first-order valence-electron chi connectivity index (χ1n) is 11.0. The van der Waals surface area contributed by atoms with Crippen LogP contribution in [-0.2, 0) is 4.74 Å². The van der Waals surface area contributed by atoms with Gasteiger partial charge in [0.25, 0.3) is 0 Å². The molecule has 0 aliphatic carbocycles. The van der Waals surface area contributed by atoms with Crippen LogP contribution in [0, 0.1) is 0 Å². The Labute approximate surface area is 177 Å². The van der Waals surface area contributed by atoms with Crippen LogP contribution in [0.2, 0.25) is 0 Å². The number of thiophene rings is 1. The van der Waals surface area contributed by atoms with Gasteiger partial charge in [0.1, 0.15) is 5.75 Å². The number of ether oxygens (including phenoxy) is 2. The molecule has 1 aromatic carbocycles. The lowest BCUT2D eigenvalue weighted by molar-refractivity contribution is 0.0664. The minimum absolute atomic E-state index is 0.152. The zero-order valence-electron chi connectivity index (χ0n) is 17.6. The van der Waals surface area contributed by atoms with Gasteiger partial charge in [-0.1, -0.05) is 0 Å². The molecule has 0 saturated carbocycles. The number of likely N-dealkylation sites (tertiary alicyclic amines) is 2. The van der Waals surface area contributed by atoms with E-state index in [9.17, 15) is 4.79 Å². The Bertz CT molecular complexity index is 821. The van der Waals surface area contributed by atoms with E-state index in [1.54, 1.807) is 0 Å².